The number of hydrogen-bond acceptors (Lipinski definition) is 7. The van der Waals surface area contributed by atoms with Crippen LogP contribution in [0.3, 0.4) is 0 Å². The molecule has 0 bridgehead atoms. The molecule has 3 rings (SSSR count). The number of benzene rings is 2. The fourth-order valence-corrected chi connectivity index (χ4v) is 4.34. The Kier molecular flexibility index (Phi) is 6.94. The summed E-state index contributed by atoms with van der Waals surface area (Å²) in [5.41, 5.74) is -0.713. The summed E-state index contributed by atoms with van der Waals surface area (Å²) in [5.74, 6) is -2.37. The molecular formula is C21H16F4N4O3S2. The van der Waals surface area contributed by atoms with Gasteiger partial charge in [-0.15, -0.1) is 11.3 Å². The van der Waals surface area contributed by atoms with Crippen molar-refractivity contribution in [2.45, 2.75) is 19.6 Å². The maximum absolute atomic E-state index is 13.7. The first-order valence-electron chi connectivity index (χ1n) is 9.41. The van der Waals surface area contributed by atoms with E-state index in [0.29, 0.717) is 28.3 Å². The van der Waals surface area contributed by atoms with Crippen molar-refractivity contribution >= 4 is 38.1 Å². The van der Waals surface area contributed by atoms with Crippen LogP contribution in [0.1, 0.15) is 32.1 Å². The van der Waals surface area contributed by atoms with Crippen molar-refractivity contribution in [1.82, 2.24) is 9.71 Å². The first-order valence-corrected chi connectivity index (χ1v) is 12.1. The van der Waals surface area contributed by atoms with E-state index in [1.54, 1.807) is 12.1 Å². The number of halogens is 4. The molecule has 0 spiro atoms. The quantitative estimate of drug-likeness (QED) is 0.488. The van der Waals surface area contributed by atoms with Crippen LogP contribution in [0.2, 0.25) is 0 Å². The molecule has 34 heavy (non-hydrogen) atoms. The zero-order valence-electron chi connectivity index (χ0n) is 17.6. The van der Waals surface area contributed by atoms with Gasteiger partial charge in [0.15, 0.2) is 5.13 Å². The molecule has 0 atom stereocenters. The average Bonchev–Trinajstić information content (AvgIpc) is 3.12. The molecule has 0 unspecified atom stereocenters. The van der Waals surface area contributed by atoms with Gasteiger partial charge in [-0.05, 0) is 48.9 Å². The number of anilines is 2. The van der Waals surface area contributed by atoms with Crippen LogP contribution in [0, 0.1) is 24.1 Å². The Labute approximate surface area is 196 Å². The van der Waals surface area contributed by atoms with Gasteiger partial charge in [0.05, 0.1) is 30.0 Å². The van der Waals surface area contributed by atoms with Crippen LogP contribution >= 0.6 is 11.3 Å². The van der Waals surface area contributed by atoms with E-state index in [1.807, 2.05) is 10.8 Å². The number of nitrogens with one attached hydrogen (secondary N) is 1. The molecule has 13 heteroatoms. The zero-order valence-corrected chi connectivity index (χ0v) is 19.3. The molecular weight excluding hydrogens is 496 g/mol. The SMILES string of the molecule is Cc1sc(N(Cc2ccc(F)c(C(F)(F)F)c2)c2ccc(C#N)cc2)nc1C(=O)NS(C)(=O)=O. The highest BCUT2D eigenvalue weighted by atomic mass is 32.2. The van der Waals surface area contributed by atoms with Crippen LogP contribution in [0.15, 0.2) is 42.5 Å². The first-order chi connectivity index (χ1) is 15.8. The molecule has 2 aromatic carbocycles. The molecule has 1 N–H and O–H groups in total. The summed E-state index contributed by atoms with van der Waals surface area (Å²) >= 11 is 1.01. The highest BCUT2D eigenvalue weighted by Gasteiger charge is 2.34. The topological polar surface area (TPSA) is 103 Å². The number of sulfonamides is 1. The van der Waals surface area contributed by atoms with Crippen molar-refractivity contribution in [3.63, 3.8) is 0 Å². The van der Waals surface area contributed by atoms with Gasteiger partial charge in [0.2, 0.25) is 10.0 Å². The number of rotatable bonds is 6. The van der Waals surface area contributed by atoms with Gasteiger partial charge in [-0.2, -0.15) is 18.4 Å². The van der Waals surface area contributed by atoms with Crippen molar-refractivity contribution in [1.29, 1.82) is 5.26 Å². The van der Waals surface area contributed by atoms with Crippen molar-refractivity contribution in [3.8, 4) is 6.07 Å². The molecule has 1 heterocycles. The molecule has 178 valence electrons. The first kappa shape index (κ1) is 25.1. The number of amides is 1. The maximum atomic E-state index is 13.7. The Bertz CT molecular complexity index is 1380. The number of aryl methyl sites for hydroxylation is 1. The van der Waals surface area contributed by atoms with Crippen LogP contribution in [0.5, 0.6) is 0 Å². The standard InChI is InChI=1S/C21H16F4N4O3S2/c1-12-18(19(30)28-34(2,31)32)27-20(33-12)29(15-6-3-13(10-26)4-7-15)11-14-5-8-17(22)16(9-14)21(23,24)25/h3-9H,11H2,1-2H3,(H,28,30). The second-order valence-corrected chi connectivity index (χ2v) is 10.1. The minimum atomic E-state index is -4.89. The molecule has 0 saturated carbocycles. The number of aromatic nitrogens is 1. The maximum Gasteiger partial charge on any atom is 0.419 e. The minimum absolute atomic E-state index is 0.105. The van der Waals surface area contributed by atoms with Gasteiger partial charge >= 0.3 is 6.18 Å². The van der Waals surface area contributed by atoms with E-state index in [2.05, 4.69) is 4.98 Å². The lowest BCUT2D eigenvalue weighted by atomic mass is 10.1. The highest BCUT2D eigenvalue weighted by Crippen LogP contribution is 2.35. The van der Waals surface area contributed by atoms with Crippen LogP contribution in [0.25, 0.3) is 0 Å². The summed E-state index contributed by atoms with van der Waals surface area (Å²) in [7, 11) is -3.85. The molecule has 0 aliphatic heterocycles. The van der Waals surface area contributed by atoms with Crippen LogP contribution in [-0.4, -0.2) is 25.6 Å². The molecule has 0 aliphatic carbocycles. The number of carbonyl (C=O) groups is 1. The van der Waals surface area contributed by atoms with Crippen molar-refractivity contribution in [2.75, 3.05) is 11.2 Å². The van der Waals surface area contributed by atoms with Crippen LogP contribution < -0.4 is 9.62 Å². The van der Waals surface area contributed by atoms with Gasteiger partial charge in [0, 0.05) is 10.6 Å². The summed E-state index contributed by atoms with van der Waals surface area (Å²) in [6.07, 6.45) is -4.09. The molecule has 0 fully saturated rings. The fourth-order valence-electron chi connectivity index (χ4n) is 2.98. The van der Waals surface area contributed by atoms with Gasteiger partial charge in [-0.1, -0.05) is 6.07 Å². The Morgan fingerprint density at radius 2 is 1.85 bits per heavy atom. The number of alkyl halides is 3. The highest BCUT2D eigenvalue weighted by molar-refractivity contribution is 7.89. The predicted octanol–water partition coefficient (Wildman–Crippen LogP) is 4.51. The van der Waals surface area contributed by atoms with E-state index >= 15 is 0 Å². The second-order valence-electron chi connectivity index (χ2n) is 7.16. The van der Waals surface area contributed by atoms with Gasteiger partial charge in [-0.3, -0.25) is 4.79 Å². The fraction of sp³-hybridized carbons (Fsp3) is 0.190. The summed E-state index contributed by atoms with van der Waals surface area (Å²) in [6.45, 7) is 1.35. The zero-order chi connectivity index (χ0) is 25.3. The summed E-state index contributed by atoms with van der Waals surface area (Å²) in [6, 6.07) is 10.6. The molecule has 0 saturated heterocycles. The summed E-state index contributed by atoms with van der Waals surface area (Å²) < 4.78 is 78.0. The third-order valence-electron chi connectivity index (χ3n) is 4.49. The molecule has 3 aromatic rings. The number of nitrogens with zero attached hydrogens (tertiary/aromatic N) is 3. The number of thiazole rings is 1. The van der Waals surface area contributed by atoms with E-state index in [1.165, 1.54) is 30.0 Å². The smallest absolute Gasteiger partial charge is 0.313 e. The van der Waals surface area contributed by atoms with Crippen molar-refractivity contribution in [3.05, 3.63) is 75.5 Å². The second kappa shape index (κ2) is 9.40. The predicted molar refractivity (Wildman–Crippen MR) is 118 cm³/mol. The van der Waals surface area contributed by atoms with Gasteiger partial charge in [0.25, 0.3) is 5.91 Å². The Morgan fingerprint density at radius 1 is 1.21 bits per heavy atom. The van der Waals surface area contributed by atoms with Crippen molar-refractivity contribution < 1.29 is 30.8 Å². The van der Waals surface area contributed by atoms with Gasteiger partial charge < -0.3 is 4.90 Å². The summed E-state index contributed by atoms with van der Waals surface area (Å²) in [4.78, 5) is 18.4. The third-order valence-corrected chi connectivity index (χ3v) is 6.04. The molecule has 1 aromatic heterocycles. The molecule has 7 nitrogen and oxygen atoms in total. The van der Waals surface area contributed by atoms with Gasteiger partial charge in [0.1, 0.15) is 11.5 Å². The normalized spacial score (nSPS) is 11.7. The van der Waals surface area contributed by atoms with E-state index < -0.39 is 33.5 Å². The molecule has 1 amide bonds. The van der Waals surface area contributed by atoms with Gasteiger partial charge in [-0.25, -0.2) is 22.5 Å². The van der Waals surface area contributed by atoms with E-state index in [4.69, 9.17) is 5.26 Å². The van der Waals surface area contributed by atoms with Crippen LogP contribution in [-0.2, 0) is 22.7 Å². The van der Waals surface area contributed by atoms with E-state index in [9.17, 15) is 30.8 Å². The Hall–Kier alpha value is -3.50. The lowest BCUT2D eigenvalue weighted by Crippen LogP contribution is -2.30. The monoisotopic (exact) mass is 512 g/mol. The van der Waals surface area contributed by atoms with E-state index in [0.717, 1.165) is 17.6 Å². The summed E-state index contributed by atoms with van der Waals surface area (Å²) in [5, 5.41) is 9.22. The lowest BCUT2D eigenvalue weighted by Gasteiger charge is -2.23. The largest absolute Gasteiger partial charge is 0.419 e. The van der Waals surface area contributed by atoms with E-state index in [-0.39, 0.29) is 22.9 Å². The molecule has 0 radical (unpaired) electrons. The number of carbonyl (C=O) groups excluding carboxylic acids is 1. The van der Waals surface area contributed by atoms with Crippen LogP contribution in [0.4, 0.5) is 28.4 Å². The third kappa shape index (κ3) is 5.89. The number of nitriles is 1. The number of hydrogen-bond donors (Lipinski definition) is 1. The lowest BCUT2D eigenvalue weighted by molar-refractivity contribution is -0.140. The Morgan fingerprint density at radius 3 is 2.41 bits per heavy atom. The molecule has 0 aliphatic rings. The average molecular weight is 513 g/mol. The minimum Gasteiger partial charge on any atom is -0.313 e. The Balaban J connectivity index is 2.07. The van der Waals surface area contributed by atoms with Crippen molar-refractivity contribution in [2.24, 2.45) is 0 Å².